The fraction of sp³-hybridized carbons (Fsp3) is 0.158. The Hall–Kier alpha value is -3.52. The maximum absolute atomic E-state index is 12.4. The van der Waals surface area contributed by atoms with Crippen LogP contribution in [-0.2, 0) is 4.79 Å². The van der Waals surface area contributed by atoms with Gasteiger partial charge in [-0.25, -0.2) is 0 Å². The summed E-state index contributed by atoms with van der Waals surface area (Å²) in [6.45, 7) is 0.142. The van der Waals surface area contributed by atoms with Gasteiger partial charge in [0.1, 0.15) is 5.70 Å². The van der Waals surface area contributed by atoms with Crippen molar-refractivity contribution in [3.05, 3.63) is 81.5 Å². The summed E-state index contributed by atoms with van der Waals surface area (Å²) in [7, 11) is 0. The Labute approximate surface area is 155 Å². The van der Waals surface area contributed by atoms with E-state index in [2.05, 4.69) is 10.6 Å². The molecule has 0 aliphatic carbocycles. The molecule has 0 aliphatic rings. The van der Waals surface area contributed by atoms with Crippen molar-refractivity contribution >= 4 is 23.6 Å². The highest BCUT2D eigenvalue weighted by Crippen LogP contribution is 2.15. The van der Waals surface area contributed by atoms with E-state index in [9.17, 15) is 19.7 Å². The van der Waals surface area contributed by atoms with Gasteiger partial charge in [-0.15, -0.1) is 0 Å². The number of hydrogen-bond acceptors (Lipinski definition) is 5. The van der Waals surface area contributed by atoms with Crippen LogP contribution in [0.4, 0.5) is 5.69 Å². The van der Waals surface area contributed by atoms with E-state index in [1.165, 1.54) is 24.3 Å². The number of rotatable bonds is 8. The first-order chi connectivity index (χ1) is 13.0. The van der Waals surface area contributed by atoms with E-state index in [1.54, 1.807) is 36.4 Å². The Morgan fingerprint density at radius 2 is 1.85 bits per heavy atom. The molecule has 2 rings (SSSR count). The van der Waals surface area contributed by atoms with Crippen molar-refractivity contribution in [2.75, 3.05) is 13.2 Å². The highest BCUT2D eigenvalue weighted by molar-refractivity contribution is 6.05. The van der Waals surface area contributed by atoms with Crippen LogP contribution in [0.25, 0.3) is 6.08 Å². The Kier molecular flexibility index (Phi) is 7.21. The lowest BCUT2D eigenvalue weighted by Crippen LogP contribution is -2.35. The number of amides is 2. The molecular weight excluding hydrogens is 350 g/mol. The van der Waals surface area contributed by atoms with Gasteiger partial charge in [-0.05, 0) is 30.2 Å². The number of nitro benzene ring substituents is 1. The SMILES string of the molecule is O=C(NCCCO)C(=Cc1cccc([N+](=O)[O-])c1)NC(=O)c1ccccc1. The van der Waals surface area contributed by atoms with E-state index in [1.807, 2.05) is 0 Å². The number of aliphatic hydroxyl groups excluding tert-OH is 1. The highest BCUT2D eigenvalue weighted by atomic mass is 16.6. The summed E-state index contributed by atoms with van der Waals surface area (Å²) in [5.74, 6) is -1.04. The predicted octanol–water partition coefficient (Wildman–Crippen LogP) is 1.86. The van der Waals surface area contributed by atoms with Crippen LogP contribution >= 0.6 is 0 Å². The van der Waals surface area contributed by atoms with Crippen LogP contribution in [0, 0.1) is 10.1 Å². The molecule has 0 atom stereocenters. The summed E-state index contributed by atoms with van der Waals surface area (Å²) < 4.78 is 0. The molecule has 8 nitrogen and oxygen atoms in total. The molecule has 0 heterocycles. The van der Waals surface area contributed by atoms with Gasteiger partial charge >= 0.3 is 0 Å². The van der Waals surface area contributed by atoms with Crippen LogP contribution < -0.4 is 10.6 Å². The van der Waals surface area contributed by atoms with Crippen molar-refractivity contribution in [3.8, 4) is 0 Å². The third kappa shape index (κ3) is 6.05. The molecule has 0 fully saturated rings. The second-order valence-corrected chi connectivity index (χ2v) is 5.56. The molecule has 140 valence electrons. The first-order valence-electron chi connectivity index (χ1n) is 8.23. The second kappa shape index (κ2) is 9.83. The van der Waals surface area contributed by atoms with Crippen molar-refractivity contribution in [2.45, 2.75) is 6.42 Å². The largest absolute Gasteiger partial charge is 0.396 e. The number of benzene rings is 2. The zero-order valence-corrected chi connectivity index (χ0v) is 14.4. The minimum atomic E-state index is -0.556. The lowest BCUT2D eigenvalue weighted by Gasteiger charge is -2.11. The average Bonchev–Trinajstić information content (AvgIpc) is 2.68. The molecule has 2 aromatic carbocycles. The van der Waals surface area contributed by atoms with Crippen molar-refractivity contribution in [1.29, 1.82) is 0 Å². The molecular formula is C19H19N3O5. The van der Waals surface area contributed by atoms with Gasteiger partial charge in [0.05, 0.1) is 4.92 Å². The molecule has 0 spiro atoms. The highest BCUT2D eigenvalue weighted by Gasteiger charge is 2.15. The molecule has 2 amide bonds. The summed E-state index contributed by atoms with van der Waals surface area (Å²) >= 11 is 0. The minimum absolute atomic E-state index is 0.0534. The van der Waals surface area contributed by atoms with Crippen LogP contribution in [0.15, 0.2) is 60.3 Å². The van der Waals surface area contributed by atoms with E-state index < -0.39 is 16.7 Å². The Bertz CT molecular complexity index is 849. The molecule has 8 heteroatoms. The first kappa shape index (κ1) is 19.8. The second-order valence-electron chi connectivity index (χ2n) is 5.56. The summed E-state index contributed by atoms with van der Waals surface area (Å²) in [5, 5.41) is 24.9. The Morgan fingerprint density at radius 1 is 1.11 bits per heavy atom. The molecule has 0 radical (unpaired) electrons. The maximum atomic E-state index is 12.4. The zero-order valence-electron chi connectivity index (χ0n) is 14.4. The van der Waals surface area contributed by atoms with E-state index in [0.717, 1.165) is 0 Å². The summed E-state index contributed by atoms with van der Waals surface area (Å²) in [6, 6.07) is 14.1. The van der Waals surface area contributed by atoms with Gasteiger partial charge in [0.25, 0.3) is 17.5 Å². The first-order valence-corrected chi connectivity index (χ1v) is 8.23. The van der Waals surface area contributed by atoms with Gasteiger partial charge in [-0.2, -0.15) is 0 Å². The van der Waals surface area contributed by atoms with Crippen molar-refractivity contribution < 1.29 is 19.6 Å². The number of nitrogens with zero attached hydrogens (tertiary/aromatic N) is 1. The Balaban J connectivity index is 2.28. The minimum Gasteiger partial charge on any atom is -0.396 e. The third-order valence-electron chi connectivity index (χ3n) is 3.54. The number of nitrogens with one attached hydrogen (secondary N) is 2. The molecule has 2 aromatic rings. The molecule has 0 saturated carbocycles. The van der Waals surface area contributed by atoms with Crippen molar-refractivity contribution in [3.63, 3.8) is 0 Å². The molecule has 0 aliphatic heterocycles. The van der Waals surface area contributed by atoms with Crippen LogP contribution in [0.5, 0.6) is 0 Å². The van der Waals surface area contributed by atoms with E-state index in [0.29, 0.717) is 17.5 Å². The van der Waals surface area contributed by atoms with Crippen LogP contribution in [0.1, 0.15) is 22.3 Å². The lowest BCUT2D eigenvalue weighted by molar-refractivity contribution is -0.384. The molecule has 0 saturated heterocycles. The predicted molar refractivity (Wildman–Crippen MR) is 99.7 cm³/mol. The van der Waals surface area contributed by atoms with Crippen LogP contribution in [0.2, 0.25) is 0 Å². The van der Waals surface area contributed by atoms with Gasteiger partial charge in [0.2, 0.25) is 0 Å². The van der Waals surface area contributed by atoms with E-state index in [-0.39, 0.29) is 24.5 Å². The van der Waals surface area contributed by atoms with Crippen LogP contribution in [0.3, 0.4) is 0 Å². The fourth-order valence-electron chi connectivity index (χ4n) is 2.21. The van der Waals surface area contributed by atoms with Gasteiger partial charge in [-0.1, -0.05) is 30.3 Å². The van der Waals surface area contributed by atoms with E-state index >= 15 is 0 Å². The Morgan fingerprint density at radius 3 is 2.52 bits per heavy atom. The van der Waals surface area contributed by atoms with Crippen LogP contribution in [-0.4, -0.2) is 35.0 Å². The number of aliphatic hydroxyl groups is 1. The smallest absolute Gasteiger partial charge is 0.270 e. The average molecular weight is 369 g/mol. The summed E-state index contributed by atoms with van der Waals surface area (Å²) in [5.41, 5.74) is 0.580. The molecule has 0 unspecified atom stereocenters. The number of carbonyl (C=O) groups is 2. The van der Waals surface area contributed by atoms with E-state index in [4.69, 9.17) is 5.11 Å². The monoisotopic (exact) mass is 369 g/mol. The molecule has 3 N–H and O–H groups in total. The van der Waals surface area contributed by atoms with Crippen molar-refractivity contribution in [2.24, 2.45) is 0 Å². The number of carbonyl (C=O) groups excluding carboxylic acids is 2. The summed E-state index contributed by atoms with van der Waals surface area (Å²) in [4.78, 5) is 35.2. The van der Waals surface area contributed by atoms with Crippen molar-refractivity contribution in [1.82, 2.24) is 10.6 Å². The van der Waals surface area contributed by atoms with Gasteiger partial charge in [-0.3, -0.25) is 19.7 Å². The molecule has 27 heavy (non-hydrogen) atoms. The summed E-state index contributed by atoms with van der Waals surface area (Å²) in [6.07, 6.45) is 1.73. The zero-order chi connectivity index (χ0) is 19.6. The number of nitro groups is 1. The van der Waals surface area contributed by atoms with Gasteiger partial charge in [0.15, 0.2) is 0 Å². The maximum Gasteiger partial charge on any atom is 0.270 e. The molecule has 0 aromatic heterocycles. The standard InChI is InChI=1S/C19H19N3O5/c23-11-5-10-20-19(25)17(21-18(24)15-7-2-1-3-8-15)13-14-6-4-9-16(12-14)22(26)27/h1-4,6-9,12-13,23H,5,10-11H2,(H,20,25)(H,21,24). The lowest BCUT2D eigenvalue weighted by atomic mass is 10.1. The quantitative estimate of drug-likeness (QED) is 0.284. The number of non-ortho nitro benzene ring substituents is 1. The van der Waals surface area contributed by atoms with Gasteiger partial charge in [0, 0.05) is 30.8 Å². The third-order valence-corrected chi connectivity index (χ3v) is 3.54. The fourth-order valence-corrected chi connectivity index (χ4v) is 2.21. The number of hydrogen-bond donors (Lipinski definition) is 3. The normalized spacial score (nSPS) is 10.9. The van der Waals surface area contributed by atoms with Gasteiger partial charge < -0.3 is 15.7 Å². The molecule has 0 bridgehead atoms. The topological polar surface area (TPSA) is 122 Å².